The molecule has 6 heteroatoms. The Morgan fingerprint density at radius 2 is 1.70 bits per heavy atom. The van der Waals surface area contributed by atoms with Gasteiger partial charge in [0.2, 0.25) is 0 Å². The van der Waals surface area contributed by atoms with Gasteiger partial charge in [-0.2, -0.15) is 0 Å². The summed E-state index contributed by atoms with van der Waals surface area (Å²) in [6.07, 6.45) is 5.09. The van der Waals surface area contributed by atoms with E-state index < -0.39 is 0 Å². The topological polar surface area (TPSA) is 58.1 Å². The van der Waals surface area contributed by atoms with Crippen LogP contribution in [-0.2, 0) is 13.1 Å². The first-order valence-electron chi connectivity index (χ1n) is 14.5. The van der Waals surface area contributed by atoms with Crippen molar-refractivity contribution >= 4 is 16.6 Å². The summed E-state index contributed by atoms with van der Waals surface area (Å²) in [7, 11) is 1.70. The average Bonchev–Trinajstić information content (AvgIpc) is 3.01. The van der Waals surface area contributed by atoms with E-state index in [4.69, 9.17) is 9.47 Å². The van der Waals surface area contributed by atoms with E-state index in [1.165, 1.54) is 11.1 Å². The molecule has 0 saturated heterocycles. The zero-order valence-corrected chi connectivity index (χ0v) is 23.3. The Morgan fingerprint density at radius 3 is 2.38 bits per heavy atom. The predicted octanol–water partition coefficient (Wildman–Crippen LogP) is 5.92. The molecule has 1 aliphatic heterocycles. The lowest BCUT2D eigenvalue weighted by atomic mass is 9.77. The van der Waals surface area contributed by atoms with Gasteiger partial charge in [-0.1, -0.05) is 60.7 Å². The van der Waals surface area contributed by atoms with Crippen LogP contribution in [0.15, 0.2) is 85.1 Å². The van der Waals surface area contributed by atoms with Crippen molar-refractivity contribution in [3.8, 4) is 11.5 Å². The standard InChI is InChI=1S/C34H39N3O3/c1-39-29-13-14-31-30(19-29)34-33(20-35-31)40-17-16-36(34)23-27-12-15-32(28(18-27)24-38)37(21-25-8-4-2-5-9-25)22-26-10-6-3-7-11-26/h2-11,13-14,19-20,27-28,32,38H,12,15-18,21-24H2,1H3/t27-,28-,32-/m1/s1. The molecule has 0 spiro atoms. The fourth-order valence-electron chi connectivity index (χ4n) is 6.68. The molecule has 208 valence electrons. The molecule has 3 atom stereocenters. The highest BCUT2D eigenvalue weighted by Gasteiger charge is 2.35. The SMILES string of the molecule is COc1ccc2ncc3c(c2c1)N(C[C@@H]1CC[C@@H](N(Cc2ccccc2)Cc2ccccc2)[C@@H](CO)C1)CCO3. The Hall–Kier alpha value is -3.61. The largest absolute Gasteiger partial charge is 0.497 e. The van der Waals surface area contributed by atoms with Gasteiger partial charge < -0.3 is 19.5 Å². The third kappa shape index (κ3) is 5.79. The molecular weight excluding hydrogens is 498 g/mol. The minimum atomic E-state index is 0.213. The van der Waals surface area contributed by atoms with Gasteiger partial charge in [0.25, 0.3) is 0 Å². The van der Waals surface area contributed by atoms with E-state index in [9.17, 15) is 5.11 Å². The number of hydrogen-bond acceptors (Lipinski definition) is 6. The maximum atomic E-state index is 10.6. The lowest BCUT2D eigenvalue weighted by Gasteiger charge is -2.44. The van der Waals surface area contributed by atoms with Crippen LogP contribution >= 0.6 is 0 Å². The number of nitrogens with zero attached hydrogens (tertiary/aromatic N) is 3. The van der Waals surface area contributed by atoms with Gasteiger partial charge in [-0.05, 0) is 60.4 Å². The van der Waals surface area contributed by atoms with Gasteiger partial charge in [-0.3, -0.25) is 9.88 Å². The number of benzene rings is 3. The van der Waals surface area contributed by atoms with Crippen LogP contribution in [0.25, 0.3) is 10.9 Å². The van der Waals surface area contributed by atoms with E-state index in [0.717, 1.165) is 73.5 Å². The summed E-state index contributed by atoms with van der Waals surface area (Å²) in [6, 6.07) is 27.8. The quantitative estimate of drug-likeness (QED) is 0.286. The molecule has 40 heavy (non-hydrogen) atoms. The highest BCUT2D eigenvalue weighted by atomic mass is 16.5. The molecule has 6 rings (SSSR count). The van der Waals surface area contributed by atoms with Crippen molar-refractivity contribution in [3.05, 3.63) is 96.2 Å². The lowest BCUT2D eigenvalue weighted by molar-refractivity contribution is 0.0374. The van der Waals surface area contributed by atoms with Crippen molar-refractivity contribution in [1.82, 2.24) is 9.88 Å². The van der Waals surface area contributed by atoms with Crippen LogP contribution in [0.3, 0.4) is 0 Å². The fourth-order valence-corrected chi connectivity index (χ4v) is 6.68. The van der Waals surface area contributed by atoms with Gasteiger partial charge in [0.05, 0.1) is 31.1 Å². The number of rotatable bonds is 9. The second-order valence-electron chi connectivity index (χ2n) is 11.2. The van der Waals surface area contributed by atoms with E-state index in [0.29, 0.717) is 18.6 Å². The summed E-state index contributed by atoms with van der Waals surface area (Å²) in [5, 5.41) is 11.7. The van der Waals surface area contributed by atoms with Gasteiger partial charge in [-0.25, -0.2) is 0 Å². The number of aromatic nitrogens is 1. The molecule has 2 aliphatic rings. The molecule has 1 aromatic heterocycles. The summed E-state index contributed by atoms with van der Waals surface area (Å²) < 4.78 is 11.6. The van der Waals surface area contributed by atoms with Crippen LogP contribution in [0.4, 0.5) is 5.69 Å². The Labute approximate surface area is 237 Å². The molecule has 0 radical (unpaired) electrons. The smallest absolute Gasteiger partial charge is 0.161 e. The van der Waals surface area contributed by atoms with Gasteiger partial charge in [-0.15, -0.1) is 0 Å². The molecule has 0 bridgehead atoms. The van der Waals surface area contributed by atoms with E-state index in [1.807, 2.05) is 18.3 Å². The minimum Gasteiger partial charge on any atom is -0.497 e. The van der Waals surface area contributed by atoms with Crippen molar-refractivity contribution in [2.24, 2.45) is 11.8 Å². The van der Waals surface area contributed by atoms with E-state index in [2.05, 4.69) is 81.5 Å². The van der Waals surface area contributed by atoms with Crippen LogP contribution in [0.2, 0.25) is 0 Å². The van der Waals surface area contributed by atoms with Crippen molar-refractivity contribution in [2.75, 3.05) is 38.3 Å². The highest BCUT2D eigenvalue weighted by molar-refractivity contribution is 5.96. The molecule has 1 fully saturated rings. The first kappa shape index (κ1) is 26.6. The maximum Gasteiger partial charge on any atom is 0.161 e. The molecule has 4 aromatic rings. The number of hydrogen-bond donors (Lipinski definition) is 1. The highest BCUT2D eigenvalue weighted by Crippen LogP contribution is 2.41. The van der Waals surface area contributed by atoms with E-state index in [-0.39, 0.29) is 12.5 Å². The number of ether oxygens (including phenoxy) is 2. The zero-order chi connectivity index (χ0) is 27.3. The molecular formula is C34H39N3O3. The van der Waals surface area contributed by atoms with Crippen molar-refractivity contribution in [1.29, 1.82) is 0 Å². The summed E-state index contributed by atoms with van der Waals surface area (Å²) in [6.45, 7) is 4.45. The first-order valence-corrected chi connectivity index (χ1v) is 14.5. The summed E-state index contributed by atoms with van der Waals surface area (Å²) in [5.41, 5.74) is 4.70. The number of aliphatic hydroxyl groups excluding tert-OH is 1. The Morgan fingerprint density at radius 1 is 0.975 bits per heavy atom. The van der Waals surface area contributed by atoms with Gasteiger partial charge in [0.15, 0.2) is 5.75 Å². The van der Waals surface area contributed by atoms with E-state index in [1.54, 1.807) is 7.11 Å². The second kappa shape index (κ2) is 12.3. The Kier molecular flexibility index (Phi) is 8.17. The molecule has 1 N–H and O–H groups in total. The summed E-state index contributed by atoms with van der Waals surface area (Å²) >= 11 is 0. The second-order valence-corrected chi connectivity index (χ2v) is 11.2. The third-order valence-corrected chi connectivity index (χ3v) is 8.64. The lowest BCUT2D eigenvalue weighted by Crippen LogP contribution is -2.47. The molecule has 1 aliphatic carbocycles. The molecule has 0 amide bonds. The molecule has 1 saturated carbocycles. The molecule has 6 nitrogen and oxygen atoms in total. The van der Waals surface area contributed by atoms with Crippen LogP contribution in [0, 0.1) is 11.8 Å². The average molecular weight is 538 g/mol. The van der Waals surface area contributed by atoms with Crippen LogP contribution in [0.1, 0.15) is 30.4 Å². The number of aliphatic hydroxyl groups is 1. The number of fused-ring (bicyclic) bond motifs is 3. The normalized spacial score (nSPS) is 20.8. The Bertz CT molecular complexity index is 1350. The number of methoxy groups -OCH3 is 1. The predicted molar refractivity (Wildman–Crippen MR) is 160 cm³/mol. The summed E-state index contributed by atoms with van der Waals surface area (Å²) in [4.78, 5) is 9.70. The monoisotopic (exact) mass is 537 g/mol. The van der Waals surface area contributed by atoms with Crippen LogP contribution in [0.5, 0.6) is 11.5 Å². The molecule has 0 unspecified atom stereocenters. The maximum absolute atomic E-state index is 10.6. The van der Waals surface area contributed by atoms with Crippen molar-refractivity contribution < 1.29 is 14.6 Å². The first-order chi connectivity index (χ1) is 19.7. The number of pyridine rings is 1. The van der Waals surface area contributed by atoms with Crippen molar-refractivity contribution in [2.45, 2.75) is 38.4 Å². The molecule has 2 heterocycles. The Balaban J connectivity index is 1.21. The van der Waals surface area contributed by atoms with Crippen LogP contribution in [-0.4, -0.2) is 54.4 Å². The van der Waals surface area contributed by atoms with E-state index >= 15 is 0 Å². The van der Waals surface area contributed by atoms with Gasteiger partial charge in [0, 0.05) is 37.7 Å². The molecule has 3 aromatic carbocycles. The third-order valence-electron chi connectivity index (χ3n) is 8.64. The van der Waals surface area contributed by atoms with Gasteiger partial charge in [0.1, 0.15) is 12.4 Å². The fraction of sp³-hybridized carbons (Fsp3) is 0.382. The zero-order valence-electron chi connectivity index (χ0n) is 23.3. The number of anilines is 1. The minimum absolute atomic E-state index is 0.213. The van der Waals surface area contributed by atoms with Crippen LogP contribution < -0.4 is 14.4 Å². The van der Waals surface area contributed by atoms with Crippen molar-refractivity contribution in [3.63, 3.8) is 0 Å². The summed E-state index contributed by atoms with van der Waals surface area (Å²) in [5.74, 6) is 2.41. The van der Waals surface area contributed by atoms with Gasteiger partial charge >= 0.3 is 0 Å².